The van der Waals surface area contributed by atoms with E-state index >= 15 is 0 Å². The highest BCUT2D eigenvalue weighted by atomic mass is 32.2. The fraction of sp³-hybridized carbons (Fsp3) is 0.667. The maximum atomic E-state index is 10.6. The van der Waals surface area contributed by atoms with Gasteiger partial charge < -0.3 is 19.7 Å². The van der Waals surface area contributed by atoms with Gasteiger partial charge in [0.2, 0.25) is 5.88 Å². The van der Waals surface area contributed by atoms with Crippen LogP contribution < -0.4 is 4.74 Å². The van der Waals surface area contributed by atoms with Gasteiger partial charge in [-0.2, -0.15) is 26.3 Å². The third-order valence-corrected chi connectivity index (χ3v) is 6.96. The van der Waals surface area contributed by atoms with Crippen LogP contribution in [0.1, 0.15) is 24.8 Å². The molecule has 36 heavy (non-hydrogen) atoms. The molecular formula is C21H26F6N2O6S. The van der Waals surface area contributed by atoms with E-state index in [9.17, 15) is 26.3 Å². The van der Waals surface area contributed by atoms with Crippen molar-refractivity contribution < 1.29 is 55.6 Å². The van der Waals surface area contributed by atoms with Crippen LogP contribution in [-0.4, -0.2) is 87.8 Å². The summed E-state index contributed by atoms with van der Waals surface area (Å²) in [6, 6.07) is 4.10. The summed E-state index contributed by atoms with van der Waals surface area (Å²) in [7, 11) is 1.69. The number of likely N-dealkylation sites (tertiary alicyclic amines) is 1. The number of rotatable bonds is 6. The molecule has 1 atom stereocenters. The molecule has 0 radical (unpaired) electrons. The first kappa shape index (κ1) is 30.0. The summed E-state index contributed by atoms with van der Waals surface area (Å²) in [6.07, 6.45) is -3.91. The Bertz CT molecular complexity index is 866. The zero-order chi connectivity index (χ0) is 27.1. The van der Waals surface area contributed by atoms with Crippen LogP contribution in [0.2, 0.25) is 0 Å². The molecule has 2 saturated heterocycles. The summed E-state index contributed by atoms with van der Waals surface area (Å²) in [6.45, 7) is 4.27. The largest absolute Gasteiger partial charge is 0.490 e. The van der Waals surface area contributed by atoms with Gasteiger partial charge in [-0.3, -0.25) is 4.90 Å². The second-order valence-electron chi connectivity index (χ2n) is 8.52. The van der Waals surface area contributed by atoms with Gasteiger partial charge in [0.25, 0.3) is 0 Å². The Kier molecular flexibility index (Phi) is 10.3. The van der Waals surface area contributed by atoms with E-state index in [1.54, 1.807) is 13.3 Å². The number of alkyl halides is 6. The van der Waals surface area contributed by atoms with Gasteiger partial charge in [0.05, 0.1) is 13.2 Å². The lowest BCUT2D eigenvalue weighted by molar-refractivity contribution is -0.193. The second kappa shape index (κ2) is 12.3. The van der Waals surface area contributed by atoms with Gasteiger partial charge in [-0.25, -0.2) is 14.6 Å². The Hall–Kier alpha value is -2.26. The number of carbonyl (C=O) groups is 2. The van der Waals surface area contributed by atoms with Gasteiger partial charge in [-0.05, 0) is 31.2 Å². The number of pyridine rings is 1. The summed E-state index contributed by atoms with van der Waals surface area (Å²) in [5.74, 6) is -2.71. The molecule has 15 heteroatoms. The van der Waals surface area contributed by atoms with Crippen LogP contribution in [0.3, 0.4) is 0 Å². The molecule has 0 aromatic carbocycles. The number of aromatic nitrogens is 1. The molecule has 1 saturated carbocycles. The molecule has 3 aliphatic rings. The van der Waals surface area contributed by atoms with E-state index in [1.165, 1.54) is 43.7 Å². The first-order chi connectivity index (χ1) is 16.6. The van der Waals surface area contributed by atoms with Crippen molar-refractivity contribution in [3.63, 3.8) is 0 Å². The van der Waals surface area contributed by atoms with Crippen molar-refractivity contribution in [2.75, 3.05) is 32.6 Å². The maximum absolute atomic E-state index is 10.6. The van der Waals surface area contributed by atoms with Crippen molar-refractivity contribution in [2.24, 2.45) is 5.92 Å². The lowest BCUT2D eigenvalue weighted by Gasteiger charge is -2.47. The number of halogens is 6. The van der Waals surface area contributed by atoms with Crippen LogP contribution in [0.5, 0.6) is 5.88 Å². The van der Waals surface area contributed by atoms with Crippen molar-refractivity contribution >= 4 is 23.7 Å². The molecule has 2 N–H and O–H groups in total. The number of hydrogen-bond acceptors (Lipinski definition) is 7. The number of hydrogen-bond donors (Lipinski definition) is 2. The molecule has 0 amide bonds. The van der Waals surface area contributed by atoms with Crippen LogP contribution in [0.25, 0.3) is 0 Å². The van der Waals surface area contributed by atoms with E-state index in [4.69, 9.17) is 29.3 Å². The minimum atomic E-state index is -5.08. The Morgan fingerprint density at radius 2 is 1.69 bits per heavy atom. The first-order valence-corrected chi connectivity index (χ1v) is 11.7. The van der Waals surface area contributed by atoms with Gasteiger partial charge in [-0.15, -0.1) is 11.8 Å². The average molecular weight is 549 g/mol. The van der Waals surface area contributed by atoms with Crippen LogP contribution >= 0.6 is 11.8 Å². The zero-order valence-electron chi connectivity index (χ0n) is 19.1. The lowest BCUT2D eigenvalue weighted by Crippen LogP contribution is -2.58. The van der Waals surface area contributed by atoms with Gasteiger partial charge >= 0.3 is 24.3 Å². The number of ether oxygens (including phenoxy) is 2. The minimum Gasteiger partial charge on any atom is -0.481 e. The van der Waals surface area contributed by atoms with E-state index < -0.39 is 24.3 Å². The van der Waals surface area contributed by atoms with E-state index in [0.29, 0.717) is 10.9 Å². The number of nitrogens with zero attached hydrogens (tertiary/aromatic N) is 2. The van der Waals surface area contributed by atoms with Gasteiger partial charge in [0.15, 0.2) is 0 Å². The molecular weight excluding hydrogens is 522 g/mol. The van der Waals surface area contributed by atoms with E-state index in [1.807, 2.05) is 6.07 Å². The van der Waals surface area contributed by atoms with E-state index in [2.05, 4.69) is 27.7 Å². The predicted octanol–water partition coefficient (Wildman–Crippen LogP) is 3.84. The molecule has 2 aliphatic heterocycles. The number of carboxylic acids is 2. The highest BCUT2D eigenvalue weighted by Crippen LogP contribution is 2.47. The predicted molar refractivity (Wildman–Crippen MR) is 116 cm³/mol. The summed E-state index contributed by atoms with van der Waals surface area (Å²) >= 11 is 2.12. The van der Waals surface area contributed by atoms with Gasteiger partial charge in [0, 0.05) is 48.5 Å². The summed E-state index contributed by atoms with van der Waals surface area (Å²) < 4.78 is 75.3. The average Bonchev–Trinajstić information content (AvgIpc) is 3.49. The van der Waals surface area contributed by atoms with Crippen LogP contribution in [0.4, 0.5) is 26.3 Å². The molecule has 1 aromatic heterocycles. The smallest absolute Gasteiger partial charge is 0.481 e. The monoisotopic (exact) mass is 548 g/mol. The quantitative estimate of drug-likeness (QED) is 0.513. The number of aliphatic carboxylic acids is 2. The molecule has 3 heterocycles. The van der Waals surface area contributed by atoms with E-state index in [-0.39, 0.29) is 0 Å². The first-order valence-electron chi connectivity index (χ1n) is 10.7. The van der Waals surface area contributed by atoms with Crippen LogP contribution in [0, 0.1) is 5.92 Å². The Labute approximate surface area is 206 Å². The fourth-order valence-corrected chi connectivity index (χ4v) is 5.14. The molecule has 4 rings (SSSR count). The summed E-state index contributed by atoms with van der Waals surface area (Å²) in [5, 5.41) is 14.2. The third-order valence-electron chi connectivity index (χ3n) is 5.39. The minimum absolute atomic E-state index is 0.448. The Morgan fingerprint density at radius 3 is 2.17 bits per heavy atom. The van der Waals surface area contributed by atoms with Crippen molar-refractivity contribution in [1.29, 1.82) is 0 Å². The Balaban J connectivity index is 0.000000271. The molecule has 1 unspecified atom stereocenters. The molecule has 1 aliphatic carbocycles. The van der Waals surface area contributed by atoms with E-state index in [0.717, 1.165) is 24.9 Å². The zero-order valence-corrected chi connectivity index (χ0v) is 20.0. The number of thioether (sulfide) groups is 1. The number of methoxy groups -OCH3 is 1. The molecule has 1 spiro atoms. The van der Waals surface area contributed by atoms with Crippen molar-refractivity contribution in [1.82, 2.24) is 9.88 Å². The number of carboxylic acid groups (broad SMARTS) is 2. The maximum Gasteiger partial charge on any atom is 0.490 e. The normalized spacial score (nSPS) is 20.9. The standard InChI is InChI=1S/C17H24N2O2S.2C2HF3O2/c1-20-16-14(3-2-6-18-16)8-19-11-17(12-19)7-15(10-22-17)21-9-13-4-5-13;2*3-2(4,5)1(6)7/h2-3,6,13,15H,4-5,7-12H2,1H3;2*(H,6,7). The fourth-order valence-electron chi connectivity index (χ4n) is 3.54. The molecule has 8 nitrogen and oxygen atoms in total. The Morgan fingerprint density at radius 1 is 1.14 bits per heavy atom. The highest BCUT2D eigenvalue weighted by Gasteiger charge is 2.49. The van der Waals surface area contributed by atoms with Crippen molar-refractivity contribution in [3.05, 3.63) is 23.9 Å². The SMILES string of the molecule is COc1ncccc1CN1CC2(CC(OCC3CC3)CS2)C1.O=C(O)C(F)(F)F.O=C(O)C(F)(F)F. The topological polar surface area (TPSA) is 109 Å². The van der Waals surface area contributed by atoms with Crippen LogP contribution in [-0.2, 0) is 20.9 Å². The lowest BCUT2D eigenvalue weighted by atomic mass is 9.92. The molecule has 0 bridgehead atoms. The van der Waals surface area contributed by atoms with Gasteiger partial charge in [0.1, 0.15) is 0 Å². The van der Waals surface area contributed by atoms with Crippen LogP contribution in [0.15, 0.2) is 18.3 Å². The molecule has 204 valence electrons. The summed E-state index contributed by atoms with van der Waals surface area (Å²) in [5.41, 5.74) is 1.18. The second-order valence-corrected chi connectivity index (χ2v) is 10.0. The summed E-state index contributed by atoms with van der Waals surface area (Å²) in [4.78, 5) is 24.6. The molecule has 1 aromatic rings. The highest BCUT2D eigenvalue weighted by molar-refractivity contribution is 8.01. The molecule has 3 fully saturated rings. The van der Waals surface area contributed by atoms with Gasteiger partial charge in [-0.1, -0.05) is 6.07 Å². The third kappa shape index (κ3) is 9.65. The van der Waals surface area contributed by atoms with Crippen molar-refractivity contribution in [2.45, 2.75) is 49.0 Å². The van der Waals surface area contributed by atoms with Crippen molar-refractivity contribution in [3.8, 4) is 5.88 Å².